The van der Waals surface area contributed by atoms with Crippen molar-refractivity contribution in [3.05, 3.63) is 69.3 Å². The summed E-state index contributed by atoms with van der Waals surface area (Å²) < 4.78 is 0.965. The van der Waals surface area contributed by atoms with E-state index in [4.69, 9.17) is 11.6 Å². The van der Waals surface area contributed by atoms with Gasteiger partial charge in [-0.2, -0.15) is 5.10 Å². The zero-order valence-electron chi connectivity index (χ0n) is 11.3. The molecule has 0 atom stereocenters. The molecule has 1 heterocycles. The molecule has 22 heavy (non-hydrogen) atoms. The minimum absolute atomic E-state index is 0.294. The number of amides is 1. The summed E-state index contributed by atoms with van der Waals surface area (Å²) in [5.41, 5.74) is 4.70. The Morgan fingerprint density at radius 3 is 2.73 bits per heavy atom. The summed E-state index contributed by atoms with van der Waals surface area (Å²) in [6, 6.07) is 14.7. The van der Waals surface area contributed by atoms with Crippen molar-refractivity contribution < 1.29 is 4.79 Å². The molecular weight excluding hydrogens is 366 g/mol. The third-order valence-corrected chi connectivity index (χ3v) is 3.82. The van der Waals surface area contributed by atoms with Gasteiger partial charge in [0.05, 0.1) is 6.21 Å². The van der Waals surface area contributed by atoms with Gasteiger partial charge in [0.2, 0.25) is 0 Å². The van der Waals surface area contributed by atoms with Crippen LogP contribution in [0.3, 0.4) is 0 Å². The summed E-state index contributed by atoms with van der Waals surface area (Å²) >= 11 is 9.21. The topological polar surface area (TPSA) is 57.2 Å². The molecule has 110 valence electrons. The molecule has 0 spiro atoms. The SMILES string of the molecule is O=C(N/N=C/c1ccc(Cl)cc1)c1cc2cc(Br)ccc2[nH]1. The third kappa shape index (κ3) is 3.37. The van der Waals surface area contributed by atoms with Gasteiger partial charge in [-0.05, 0) is 42.0 Å². The highest BCUT2D eigenvalue weighted by Crippen LogP contribution is 2.20. The maximum Gasteiger partial charge on any atom is 0.287 e. The van der Waals surface area contributed by atoms with Crippen molar-refractivity contribution in [1.82, 2.24) is 10.4 Å². The van der Waals surface area contributed by atoms with E-state index in [9.17, 15) is 4.79 Å². The van der Waals surface area contributed by atoms with E-state index in [1.54, 1.807) is 24.4 Å². The van der Waals surface area contributed by atoms with Crippen molar-refractivity contribution in [3.8, 4) is 0 Å². The summed E-state index contributed by atoms with van der Waals surface area (Å²) in [7, 11) is 0. The molecule has 0 aliphatic carbocycles. The standard InChI is InChI=1S/C16H11BrClN3O/c17-12-3-6-14-11(7-12)8-15(20-14)16(22)21-19-9-10-1-4-13(18)5-2-10/h1-9,20H,(H,21,22)/b19-9+. The maximum atomic E-state index is 12.1. The van der Waals surface area contributed by atoms with Crippen LogP contribution in [-0.4, -0.2) is 17.1 Å². The number of benzene rings is 2. The van der Waals surface area contributed by atoms with E-state index in [0.29, 0.717) is 10.7 Å². The Morgan fingerprint density at radius 1 is 1.18 bits per heavy atom. The quantitative estimate of drug-likeness (QED) is 0.518. The molecule has 3 aromatic rings. The predicted molar refractivity (Wildman–Crippen MR) is 92.5 cm³/mol. The highest BCUT2D eigenvalue weighted by atomic mass is 79.9. The van der Waals surface area contributed by atoms with Crippen molar-refractivity contribution in [1.29, 1.82) is 0 Å². The van der Waals surface area contributed by atoms with E-state index in [1.807, 2.05) is 30.3 Å². The van der Waals surface area contributed by atoms with Gasteiger partial charge >= 0.3 is 0 Å². The fraction of sp³-hybridized carbons (Fsp3) is 0. The van der Waals surface area contributed by atoms with E-state index in [1.165, 1.54) is 0 Å². The van der Waals surface area contributed by atoms with Crippen LogP contribution in [0.15, 0.2) is 58.1 Å². The number of aromatic amines is 1. The first-order chi connectivity index (χ1) is 10.6. The highest BCUT2D eigenvalue weighted by Gasteiger charge is 2.08. The fourth-order valence-electron chi connectivity index (χ4n) is 2.00. The predicted octanol–water partition coefficient (Wildman–Crippen LogP) is 4.35. The number of H-pyrrole nitrogens is 1. The fourth-order valence-corrected chi connectivity index (χ4v) is 2.51. The van der Waals surface area contributed by atoms with Crippen LogP contribution in [0.25, 0.3) is 10.9 Å². The first-order valence-electron chi connectivity index (χ1n) is 6.49. The van der Waals surface area contributed by atoms with Gasteiger partial charge in [-0.15, -0.1) is 0 Å². The molecule has 6 heteroatoms. The molecular formula is C16H11BrClN3O. The molecule has 2 N–H and O–H groups in total. The van der Waals surface area contributed by atoms with Gasteiger partial charge in [-0.25, -0.2) is 5.43 Å². The van der Waals surface area contributed by atoms with E-state index in [2.05, 4.69) is 31.4 Å². The van der Waals surface area contributed by atoms with Crippen LogP contribution < -0.4 is 5.43 Å². The second-order valence-corrected chi connectivity index (χ2v) is 6.02. The number of nitrogens with zero attached hydrogens (tertiary/aromatic N) is 1. The van der Waals surface area contributed by atoms with E-state index < -0.39 is 0 Å². The molecule has 0 radical (unpaired) electrons. The molecule has 2 aromatic carbocycles. The summed E-state index contributed by atoms with van der Waals surface area (Å²) in [5.74, 6) is -0.294. The van der Waals surface area contributed by atoms with Crippen LogP contribution >= 0.6 is 27.5 Å². The Labute approximate surface area is 140 Å². The molecule has 0 unspecified atom stereocenters. The molecule has 0 saturated carbocycles. The van der Waals surface area contributed by atoms with Crippen LogP contribution in [0.4, 0.5) is 0 Å². The van der Waals surface area contributed by atoms with E-state index in [0.717, 1.165) is 20.9 Å². The van der Waals surface area contributed by atoms with Crippen LogP contribution in [-0.2, 0) is 0 Å². The molecule has 0 bridgehead atoms. The Balaban J connectivity index is 1.71. The average molecular weight is 377 g/mol. The third-order valence-electron chi connectivity index (χ3n) is 3.08. The maximum absolute atomic E-state index is 12.1. The average Bonchev–Trinajstić information content (AvgIpc) is 2.92. The molecule has 0 aliphatic heterocycles. The number of hydrogen-bond donors (Lipinski definition) is 2. The minimum Gasteiger partial charge on any atom is -0.350 e. The minimum atomic E-state index is -0.294. The van der Waals surface area contributed by atoms with Crippen LogP contribution in [0.2, 0.25) is 5.02 Å². The number of hydrazone groups is 1. The molecule has 0 fully saturated rings. The molecule has 3 rings (SSSR count). The van der Waals surface area contributed by atoms with Gasteiger partial charge in [-0.3, -0.25) is 4.79 Å². The number of halogens is 2. The van der Waals surface area contributed by atoms with Crippen LogP contribution in [0.5, 0.6) is 0 Å². The van der Waals surface area contributed by atoms with Gasteiger partial charge < -0.3 is 4.98 Å². The number of nitrogens with one attached hydrogen (secondary N) is 2. The van der Waals surface area contributed by atoms with Crippen molar-refractivity contribution in [2.75, 3.05) is 0 Å². The van der Waals surface area contributed by atoms with Crippen molar-refractivity contribution in [2.45, 2.75) is 0 Å². The number of aromatic nitrogens is 1. The van der Waals surface area contributed by atoms with Crippen molar-refractivity contribution in [3.63, 3.8) is 0 Å². The lowest BCUT2D eigenvalue weighted by molar-refractivity contribution is 0.0951. The van der Waals surface area contributed by atoms with Gasteiger partial charge in [0, 0.05) is 20.4 Å². The first-order valence-corrected chi connectivity index (χ1v) is 7.66. The first kappa shape index (κ1) is 14.8. The Kier molecular flexibility index (Phi) is 4.27. The van der Waals surface area contributed by atoms with Crippen molar-refractivity contribution in [2.24, 2.45) is 5.10 Å². The molecule has 0 aliphatic rings. The summed E-state index contributed by atoms with van der Waals surface area (Å²) in [6.45, 7) is 0. The van der Waals surface area contributed by atoms with Gasteiger partial charge in [0.15, 0.2) is 0 Å². The van der Waals surface area contributed by atoms with E-state index in [-0.39, 0.29) is 5.91 Å². The smallest absolute Gasteiger partial charge is 0.287 e. The number of hydrogen-bond acceptors (Lipinski definition) is 2. The second kappa shape index (κ2) is 6.34. The summed E-state index contributed by atoms with van der Waals surface area (Å²) in [6.07, 6.45) is 1.56. The monoisotopic (exact) mass is 375 g/mol. The van der Waals surface area contributed by atoms with E-state index >= 15 is 0 Å². The van der Waals surface area contributed by atoms with Crippen LogP contribution in [0.1, 0.15) is 16.1 Å². The molecule has 1 aromatic heterocycles. The zero-order chi connectivity index (χ0) is 15.5. The number of carbonyl (C=O) groups excluding carboxylic acids is 1. The Morgan fingerprint density at radius 2 is 1.95 bits per heavy atom. The van der Waals surface area contributed by atoms with Gasteiger partial charge in [-0.1, -0.05) is 39.7 Å². The van der Waals surface area contributed by atoms with Gasteiger partial charge in [0.25, 0.3) is 5.91 Å². The molecule has 4 nitrogen and oxygen atoms in total. The van der Waals surface area contributed by atoms with Crippen molar-refractivity contribution >= 4 is 50.6 Å². The molecule has 1 amide bonds. The molecule has 0 saturated heterocycles. The lowest BCUT2D eigenvalue weighted by Gasteiger charge is -1.96. The van der Waals surface area contributed by atoms with Gasteiger partial charge in [0.1, 0.15) is 5.69 Å². The largest absolute Gasteiger partial charge is 0.350 e. The lowest BCUT2D eigenvalue weighted by atomic mass is 10.2. The summed E-state index contributed by atoms with van der Waals surface area (Å²) in [4.78, 5) is 15.1. The highest BCUT2D eigenvalue weighted by molar-refractivity contribution is 9.10. The Hall–Kier alpha value is -2.11. The Bertz CT molecular complexity index is 855. The van der Waals surface area contributed by atoms with Crippen LogP contribution in [0, 0.1) is 0 Å². The number of fused-ring (bicyclic) bond motifs is 1. The number of carbonyl (C=O) groups is 1. The summed E-state index contributed by atoms with van der Waals surface area (Å²) in [5, 5.41) is 5.56. The normalized spacial score (nSPS) is 11.2. The lowest BCUT2D eigenvalue weighted by Crippen LogP contribution is -2.17. The number of rotatable bonds is 3. The zero-order valence-corrected chi connectivity index (χ0v) is 13.6. The second-order valence-electron chi connectivity index (χ2n) is 4.67.